The summed E-state index contributed by atoms with van der Waals surface area (Å²) in [6, 6.07) is 4.12. The third-order valence-corrected chi connectivity index (χ3v) is 6.18. The van der Waals surface area contributed by atoms with E-state index in [0.717, 1.165) is 11.7 Å². The van der Waals surface area contributed by atoms with Gasteiger partial charge >= 0.3 is 0 Å². The topological polar surface area (TPSA) is 39.2 Å². The lowest BCUT2D eigenvalue weighted by Gasteiger charge is -2.66. The van der Waals surface area contributed by atoms with Gasteiger partial charge in [-0.15, -0.1) is 0 Å². The van der Waals surface area contributed by atoms with Crippen molar-refractivity contribution in [3.63, 3.8) is 0 Å². The fourth-order valence-electron chi connectivity index (χ4n) is 6.65. The van der Waals surface area contributed by atoms with Crippen LogP contribution in [0.3, 0.4) is 0 Å². The molecule has 2 nitrogen and oxygen atoms in total. The van der Waals surface area contributed by atoms with E-state index in [0.29, 0.717) is 16.2 Å². The van der Waals surface area contributed by atoms with E-state index < -0.39 is 0 Å². The molecule has 5 rings (SSSR count). The molecule has 19 heavy (non-hydrogen) atoms. The van der Waals surface area contributed by atoms with Gasteiger partial charge in [0.05, 0.1) is 12.3 Å². The van der Waals surface area contributed by atoms with Crippen LogP contribution in [-0.4, -0.2) is 0 Å². The van der Waals surface area contributed by atoms with Gasteiger partial charge in [0.1, 0.15) is 5.76 Å². The molecule has 0 spiro atoms. The lowest BCUT2D eigenvalue weighted by Crippen LogP contribution is -2.58. The first kappa shape index (κ1) is 12.0. The maximum absolute atomic E-state index is 6.66. The van der Waals surface area contributed by atoms with Crippen molar-refractivity contribution in [2.45, 2.75) is 58.4 Å². The zero-order chi connectivity index (χ0) is 13.3. The number of rotatable bonds is 2. The molecular formula is C17H25NO. The molecule has 4 aliphatic rings. The van der Waals surface area contributed by atoms with Crippen LogP contribution in [0.5, 0.6) is 0 Å². The number of furan rings is 1. The van der Waals surface area contributed by atoms with E-state index in [1.807, 2.05) is 6.07 Å². The average molecular weight is 259 g/mol. The molecule has 3 atom stereocenters. The summed E-state index contributed by atoms with van der Waals surface area (Å²) in [6.45, 7) is 5.00. The van der Waals surface area contributed by atoms with E-state index in [9.17, 15) is 0 Å². The standard InChI is InChI=1S/C17H25NO/c1-15-6-12-7-16(2,9-15)11-17(8-12,10-15)14(18)13-4-3-5-19-13/h3-5,12,14H,6-11,18H2,1-2H3. The first-order chi connectivity index (χ1) is 8.92. The zero-order valence-electron chi connectivity index (χ0n) is 12.1. The highest BCUT2D eigenvalue weighted by Crippen LogP contribution is 2.71. The van der Waals surface area contributed by atoms with E-state index in [-0.39, 0.29) is 6.04 Å². The van der Waals surface area contributed by atoms with Crippen LogP contribution >= 0.6 is 0 Å². The molecule has 0 amide bonds. The number of hydrogen-bond donors (Lipinski definition) is 1. The molecule has 1 aromatic heterocycles. The highest BCUT2D eigenvalue weighted by Gasteiger charge is 2.62. The Bertz CT molecular complexity index is 473. The summed E-state index contributed by atoms with van der Waals surface area (Å²) in [5.41, 5.74) is 8.01. The maximum Gasteiger partial charge on any atom is 0.121 e. The largest absolute Gasteiger partial charge is 0.468 e. The first-order valence-electron chi connectivity index (χ1n) is 7.71. The Hall–Kier alpha value is -0.760. The third-order valence-electron chi connectivity index (χ3n) is 6.18. The van der Waals surface area contributed by atoms with Crippen LogP contribution in [0.1, 0.15) is 64.2 Å². The molecule has 4 aliphatic carbocycles. The number of nitrogens with two attached hydrogens (primary N) is 1. The van der Waals surface area contributed by atoms with Crippen LogP contribution in [-0.2, 0) is 0 Å². The predicted molar refractivity (Wildman–Crippen MR) is 75.5 cm³/mol. The normalized spacial score (nSPS) is 49.5. The Kier molecular flexibility index (Phi) is 2.19. The van der Waals surface area contributed by atoms with E-state index in [4.69, 9.17) is 10.2 Å². The van der Waals surface area contributed by atoms with Gasteiger partial charge in [-0.3, -0.25) is 0 Å². The van der Waals surface area contributed by atoms with E-state index in [2.05, 4.69) is 19.9 Å². The van der Waals surface area contributed by atoms with Gasteiger partial charge in [-0.25, -0.2) is 0 Å². The monoisotopic (exact) mass is 259 g/mol. The summed E-state index contributed by atoms with van der Waals surface area (Å²) in [5.74, 6) is 1.89. The average Bonchev–Trinajstić information content (AvgIpc) is 2.75. The van der Waals surface area contributed by atoms with Crippen LogP contribution < -0.4 is 5.73 Å². The molecule has 1 heterocycles. The summed E-state index contributed by atoms with van der Waals surface area (Å²) in [6.07, 6.45) is 9.94. The van der Waals surface area contributed by atoms with Crippen molar-refractivity contribution in [2.75, 3.05) is 0 Å². The van der Waals surface area contributed by atoms with Gasteiger partial charge in [0.25, 0.3) is 0 Å². The molecular weight excluding hydrogens is 234 g/mol. The van der Waals surface area contributed by atoms with Crippen molar-refractivity contribution < 1.29 is 4.42 Å². The van der Waals surface area contributed by atoms with Gasteiger partial charge in [0, 0.05) is 0 Å². The highest BCUT2D eigenvalue weighted by atomic mass is 16.3. The molecule has 4 fully saturated rings. The first-order valence-corrected chi connectivity index (χ1v) is 7.71. The summed E-state index contributed by atoms with van der Waals surface area (Å²) in [5, 5.41) is 0. The van der Waals surface area contributed by atoms with E-state index in [1.165, 1.54) is 38.5 Å². The molecule has 3 unspecified atom stereocenters. The fraction of sp³-hybridized carbons (Fsp3) is 0.765. The fourth-order valence-corrected chi connectivity index (χ4v) is 6.65. The summed E-state index contributed by atoms with van der Waals surface area (Å²) in [7, 11) is 0. The Balaban J connectivity index is 1.75. The molecule has 0 aliphatic heterocycles. The minimum Gasteiger partial charge on any atom is -0.468 e. The minimum atomic E-state index is 0.0875. The third kappa shape index (κ3) is 1.65. The minimum absolute atomic E-state index is 0.0875. The Morgan fingerprint density at radius 1 is 1.16 bits per heavy atom. The SMILES string of the molecule is CC12CC3CC(C)(C1)CC(C(N)c1ccco1)(C3)C2. The Labute approximate surface area is 115 Å². The predicted octanol–water partition coefficient (Wildman–Crippen LogP) is 4.28. The van der Waals surface area contributed by atoms with Gasteiger partial charge in [-0.05, 0) is 72.8 Å². The van der Waals surface area contributed by atoms with Gasteiger partial charge in [-0.1, -0.05) is 13.8 Å². The summed E-state index contributed by atoms with van der Waals surface area (Å²) in [4.78, 5) is 0. The van der Waals surface area contributed by atoms with Crippen LogP contribution in [0, 0.1) is 22.2 Å². The molecule has 2 heteroatoms. The summed E-state index contributed by atoms with van der Waals surface area (Å²) >= 11 is 0. The molecule has 0 saturated heterocycles. The lowest BCUT2D eigenvalue weighted by atomic mass is 9.39. The van der Waals surface area contributed by atoms with Gasteiger partial charge in [-0.2, -0.15) is 0 Å². The second kappa shape index (κ2) is 3.46. The molecule has 1 aromatic rings. The smallest absolute Gasteiger partial charge is 0.121 e. The maximum atomic E-state index is 6.66. The lowest BCUT2D eigenvalue weighted by molar-refractivity contribution is -0.156. The second-order valence-electron chi connectivity index (χ2n) is 8.49. The van der Waals surface area contributed by atoms with Crippen LogP contribution in [0.15, 0.2) is 22.8 Å². The van der Waals surface area contributed by atoms with Crippen LogP contribution in [0.2, 0.25) is 0 Å². The van der Waals surface area contributed by atoms with Crippen molar-refractivity contribution in [2.24, 2.45) is 27.9 Å². The van der Waals surface area contributed by atoms with Crippen molar-refractivity contribution in [3.8, 4) is 0 Å². The molecule has 2 N–H and O–H groups in total. The second-order valence-corrected chi connectivity index (χ2v) is 8.49. The highest BCUT2D eigenvalue weighted by molar-refractivity contribution is 5.18. The zero-order valence-corrected chi connectivity index (χ0v) is 12.1. The van der Waals surface area contributed by atoms with Crippen molar-refractivity contribution >= 4 is 0 Å². The molecule has 104 valence electrons. The Morgan fingerprint density at radius 3 is 2.37 bits per heavy atom. The quantitative estimate of drug-likeness (QED) is 0.861. The number of hydrogen-bond acceptors (Lipinski definition) is 2. The van der Waals surface area contributed by atoms with E-state index in [1.54, 1.807) is 6.26 Å². The molecule has 4 bridgehead atoms. The van der Waals surface area contributed by atoms with E-state index >= 15 is 0 Å². The molecule has 4 saturated carbocycles. The Morgan fingerprint density at radius 2 is 1.84 bits per heavy atom. The van der Waals surface area contributed by atoms with Crippen molar-refractivity contribution in [1.29, 1.82) is 0 Å². The van der Waals surface area contributed by atoms with Gasteiger partial charge in [0.2, 0.25) is 0 Å². The van der Waals surface area contributed by atoms with Crippen LogP contribution in [0.25, 0.3) is 0 Å². The van der Waals surface area contributed by atoms with Gasteiger partial charge in [0.15, 0.2) is 0 Å². The van der Waals surface area contributed by atoms with Crippen molar-refractivity contribution in [1.82, 2.24) is 0 Å². The summed E-state index contributed by atoms with van der Waals surface area (Å²) < 4.78 is 5.63. The molecule has 0 aromatic carbocycles. The van der Waals surface area contributed by atoms with Crippen LogP contribution in [0.4, 0.5) is 0 Å². The van der Waals surface area contributed by atoms with Gasteiger partial charge < -0.3 is 10.2 Å². The molecule has 0 radical (unpaired) electrons. The van der Waals surface area contributed by atoms with Crippen molar-refractivity contribution in [3.05, 3.63) is 24.2 Å².